The lowest BCUT2D eigenvalue weighted by Crippen LogP contribution is -2.37. The SMILES string of the molecule is C#CCNc1nc(NCCNC(=O)c2cc([N+](=O)[O-])ccc2Cl)nc(N2CCOCC2)n1. The van der Waals surface area contributed by atoms with E-state index in [0.717, 1.165) is 6.07 Å². The molecule has 2 aromatic rings. The van der Waals surface area contributed by atoms with E-state index in [4.69, 9.17) is 22.8 Å². The van der Waals surface area contributed by atoms with Crippen LogP contribution in [0.5, 0.6) is 0 Å². The van der Waals surface area contributed by atoms with E-state index in [2.05, 4.69) is 36.8 Å². The number of amides is 1. The average molecular weight is 461 g/mol. The summed E-state index contributed by atoms with van der Waals surface area (Å²) in [5, 5.41) is 19.6. The van der Waals surface area contributed by atoms with Crippen molar-refractivity contribution in [3.63, 3.8) is 0 Å². The molecule has 1 fully saturated rings. The van der Waals surface area contributed by atoms with Gasteiger partial charge < -0.3 is 25.6 Å². The van der Waals surface area contributed by atoms with Gasteiger partial charge in [0.05, 0.1) is 35.3 Å². The molecule has 1 amide bonds. The van der Waals surface area contributed by atoms with E-state index in [0.29, 0.717) is 50.7 Å². The summed E-state index contributed by atoms with van der Waals surface area (Å²) < 4.78 is 5.36. The quantitative estimate of drug-likeness (QED) is 0.215. The van der Waals surface area contributed by atoms with Crippen LogP contribution in [-0.4, -0.2) is 71.7 Å². The van der Waals surface area contributed by atoms with Crippen molar-refractivity contribution >= 4 is 41.0 Å². The lowest BCUT2D eigenvalue weighted by atomic mass is 10.2. The molecule has 32 heavy (non-hydrogen) atoms. The van der Waals surface area contributed by atoms with E-state index in [9.17, 15) is 14.9 Å². The van der Waals surface area contributed by atoms with Gasteiger partial charge in [0.25, 0.3) is 11.6 Å². The second-order valence-corrected chi connectivity index (χ2v) is 6.95. The van der Waals surface area contributed by atoms with E-state index < -0.39 is 10.8 Å². The maximum Gasteiger partial charge on any atom is 0.270 e. The number of ether oxygens (including phenoxy) is 1. The van der Waals surface area contributed by atoms with Gasteiger partial charge in [-0.25, -0.2) is 0 Å². The molecule has 0 unspecified atom stereocenters. The van der Waals surface area contributed by atoms with E-state index in [1.54, 1.807) is 0 Å². The third-order valence-corrected chi connectivity index (χ3v) is 4.69. The number of benzene rings is 1. The third-order valence-electron chi connectivity index (χ3n) is 4.37. The van der Waals surface area contributed by atoms with E-state index in [1.165, 1.54) is 12.1 Å². The molecular formula is C19H21ClN8O4. The summed E-state index contributed by atoms with van der Waals surface area (Å²) in [5.41, 5.74) is -0.193. The van der Waals surface area contributed by atoms with Gasteiger partial charge in [-0.2, -0.15) is 15.0 Å². The average Bonchev–Trinajstić information content (AvgIpc) is 2.81. The molecule has 2 heterocycles. The lowest BCUT2D eigenvalue weighted by molar-refractivity contribution is -0.384. The van der Waals surface area contributed by atoms with Crippen molar-refractivity contribution in [3.8, 4) is 12.3 Å². The highest BCUT2D eigenvalue weighted by Crippen LogP contribution is 2.22. The fourth-order valence-corrected chi connectivity index (χ4v) is 3.01. The minimum absolute atomic E-state index is 0.0244. The van der Waals surface area contributed by atoms with E-state index >= 15 is 0 Å². The largest absolute Gasteiger partial charge is 0.378 e. The number of aromatic nitrogens is 3. The summed E-state index contributed by atoms with van der Waals surface area (Å²) >= 11 is 5.99. The Hall–Kier alpha value is -3.69. The molecule has 1 aliphatic rings. The zero-order valence-corrected chi connectivity index (χ0v) is 17.8. The van der Waals surface area contributed by atoms with Gasteiger partial charge in [0, 0.05) is 38.3 Å². The molecule has 12 nitrogen and oxygen atoms in total. The van der Waals surface area contributed by atoms with Gasteiger partial charge >= 0.3 is 0 Å². The van der Waals surface area contributed by atoms with Gasteiger partial charge in [-0.3, -0.25) is 14.9 Å². The first-order chi connectivity index (χ1) is 15.5. The number of anilines is 3. The summed E-state index contributed by atoms with van der Waals surface area (Å²) in [4.78, 5) is 37.7. The van der Waals surface area contributed by atoms with E-state index in [1.807, 2.05) is 4.90 Å². The van der Waals surface area contributed by atoms with E-state index in [-0.39, 0.29) is 29.4 Å². The number of carbonyl (C=O) groups excluding carboxylic acids is 1. The first-order valence-electron chi connectivity index (χ1n) is 9.70. The number of nitro benzene ring substituents is 1. The molecule has 3 N–H and O–H groups in total. The Morgan fingerprint density at radius 3 is 2.62 bits per heavy atom. The molecular weight excluding hydrogens is 440 g/mol. The highest BCUT2D eigenvalue weighted by molar-refractivity contribution is 6.33. The number of rotatable bonds is 9. The Labute approximate surface area is 188 Å². The fraction of sp³-hybridized carbons (Fsp3) is 0.368. The number of non-ortho nitro benzene ring substituents is 1. The molecule has 168 valence electrons. The van der Waals surface area contributed by atoms with Crippen molar-refractivity contribution in [1.82, 2.24) is 20.3 Å². The molecule has 0 atom stereocenters. The molecule has 1 aromatic carbocycles. The Bertz CT molecular complexity index is 1020. The number of morpholine rings is 1. The van der Waals surface area contributed by atoms with Crippen molar-refractivity contribution in [2.24, 2.45) is 0 Å². The number of nitrogens with zero attached hydrogens (tertiary/aromatic N) is 5. The van der Waals surface area contributed by atoms with Crippen LogP contribution < -0.4 is 20.9 Å². The molecule has 0 radical (unpaired) electrons. The number of terminal acetylenes is 1. The van der Waals surface area contributed by atoms with Crippen LogP contribution in [0.1, 0.15) is 10.4 Å². The van der Waals surface area contributed by atoms with Gasteiger partial charge in [-0.15, -0.1) is 6.42 Å². The van der Waals surface area contributed by atoms with Crippen LogP contribution in [0.25, 0.3) is 0 Å². The molecule has 0 saturated carbocycles. The zero-order valence-electron chi connectivity index (χ0n) is 17.0. The van der Waals surface area contributed by atoms with Gasteiger partial charge in [-0.05, 0) is 6.07 Å². The predicted molar refractivity (Wildman–Crippen MR) is 119 cm³/mol. The topological polar surface area (TPSA) is 147 Å². The standard InChI is InChI=1S/C19H21ClN8O4/c1-2-5-22-17-24-18(26-19(25-17)27-8-10-32-11-9-27)23-7-6-21-16(29)14-12-13(28(30)31)3-4-15(14)20/h1,3-4,12H,5-11H2,(H,21,29)(H2,22,23,24,25,26). The summed E-state index contributed by atoms with van der Waals surface area (Å²) in [7, 11) is 0. The number of nitro groups is 1. The number of halogens is 1. The summed E-state index contributed by atoms with van der Waals surface area (Å²) in [6.07, 6.45) is 5.29. The van der Waals surface area contributed by atoms with Crippen LogP contribution in [0.3, 0.4) is 0 Å². The van der Waals surface area contributed by atoms with Gasteiger partial charge in [0.1, 0.15) is 0 Å². The molecule has 0 spiro atoms. The van der Waals surface area contributed by atoms with Crippen molar-refractivity contribution < 1.29 is 14.5 Å². The Balaban J connectivity index is 1.61. The summed E-state index contributed by atoms with van der Waals surface area (Å²) in [6.45, 7) is 3.20. The number of hydrogen-bond donors (Lipinski definition) is 3. The van der Waals surface area contributed by atoms with Gasteiger partial charge in [0.15, 0.2) is 0 Å². The monoisotopic (exact) mass is 460 g/mol. The Morgan fingerprint density at radius 1 is 1.22 bits per heavy atom. The second-order valence-electron chi connectivity index (χ2n) is 6.54. The van der Waals surface area contributed by atoms with Crippen molar-refractivity contribution in [2.75, 3.05) is 61.5 Å². The highest BCUT2D eigenvalue weighted by Gasteiger charge is 2.17. The fourth-order valence-electron chi connectivity index (χ4n) is 2.80. The van der Waals surface area contributed by atoms with Crippen LogP contribution in [0, 0.1) is 22.5 Å². The van der Waals surface area contributed by atoms with Crippen LogP contribution >= 0.6 is 11.6 Å². The molecule has 1 aliphatic heterocycles. The third kappa shape index (κ3) is 6.16. The predicted octanol–water partition coefficient (Wildman–Crippen LogP) is 1.16. The molecule has 1 aromatic heterocycles. The van der Waals surface area contributed by atoms with Crippen molar-refractivity contribution in [3.05, 3.63) is 38.9 Å². The second kappa shape index (κ2) is 11.1. The Kier molecular flexibility index (Phi) is 7.96. The van der Waals surface area contributed by atoms with Gasteiger partial charge in [0.2, 0.25) is 17.8 Å². The van der Waals surface area contributed by atoms with Crippen molar-refractivity contribution in [2.45, 2.75) is 0 Å². The Morgan fingerprint density at radius 2 is 1.94 bits per heavy atom. The normalized spacial score (nSPS) is 13.2. The molecule has 0 aliphatic carbocycles. The highest BCUT2D eigenvalue weighted by atomic mass is 35.5. The minimum atomic E-state index is -0.590. The summed E-state index contributed by atoms with van der Waals surface area (Å²) in [6, 6.07) is 3.68. The zero-order chi connectivity index (χ0) is 22.9. The van der Waals surface area contributed by atoms with Gasteiger partial charge in [-0.1, -0.05) is 17.5 Å². The van der Waals surface area contributed by atoms with Crippen LogP contribution in [0.2, 0.25) is 5.02 Å². The van der Waals surface area contributed by atoms with Crippen molar-refractivity contribution in [1.29, 1.82) is 0 Å². The molecule has 3 rings (SSSR count). The van der Waals surface area contributed by atoms with Crippen LogP contribution in [0.15, 0.2) is 18.2 Å². The van der Waals surface area contributed by atoms with Crippen LogP contribution in [-0.2, 0) is 4.74 Å². The maximum atomic E-state index is 12.4. The first-order valence-corrected chi connectivity index (χ1v) is 10.1. The molecule has 1 saturated heterocycles. The number of hydrogen-bond acceptors (Lipinski definition) is 10. The minimum Gasteiger partial charge on any atom is -0.378 e. The first kappa shape index (κ1) is 23.0. The lowest BCUT2D eigenvalue weighted by Gasteiger charge is -2.27. The summed E-state index contributed by atoms with van der Waals surface area (Å²) in [5.74, 6) is 3.06. The smallest absolute Gasteiger partial charge is 0.270 e. The maximum absolute atomic E-state index is 12.4. The van der Waals surface area contributed by atoms with Crippen LogP contribution in [0.4, 0.5) is 23.5 Å². The number of carbonyl (C=O) groups is 1. The molecule has 0 bridgehead atoms. The molecule has 13 heteroatoms. The number of nitrogens with one attached hydrogen (secondary N) is 3.